The summed E-state index contributed by atoms with van der Waals surface area (Å²) in [5.74, 6) is 0.600. The third kappa shape index (κ3) is 6.20. The predicted octanol–water partition coefficient (Wildman–Crippen LogP) is 3.97. The van der Waals surface area contributed by atoms with Crippen molar-refractivity contribution in [2.75, 3.05) is 25.1 Å². The molecule has 164 valence electrons. The minimum atomic E-state index is -0.554. The molecule has 1 aliphatic heterocycles. The van der Waals surface area contributed by atoms with Crippen LogP contribution < -0.4 is 5.32 Å². The zero-order valence-corrected chi connectivity index (χ0v) is 19.0. The van der Waals surface area contributed by atoms with E-state index in [2.05, 4.69) is 5.32 Å². The Kier molecular flexibility index (Phi) is 8.29. The molecule has 0 spiro atoms. The lowest BCUT2D eigenvalue weighted by Crippen LogP contribution is -2.51. The first-order valence-corrected chi connectivity index (χ1v) is 12.1. The number of nitrogens with zero attached hydrogens (tertiary/aromatic N) is 1. The molecule has 5 nitrogen and oxygen atoms in total. The SMILES string of the molecule is CSCCC(NC(=O)c1cccc(C)c1)C(=O)N1CCC(C(=O)c2ccccc2)CC1. The summed E-state index contributed by atoms with van der Waals surface area (Å²) in [6.07, 6.45) is 3.88. The molecule has 1 saturated heterocycles. The normalized spacial score (nSPS) is 15.4. The van der Waals surface area contributed by atoms with Crippen molar-refractivity contribution in [1.82, 2.24) is 10.2 Å². The van der Waals surface area contributed by atoms with E-state index in [9.17, 15) is 14.4 Å². The van der Waals surface area contributed by atoms with Crippen LogP contribution in [0, 0.1) is 12.8 Å². The third-order valence-electron chi connectivity index (χ3n) is 5.73. The minimum absolute atomic E-state index is 0.0549. The largest absolute Gasteiger partial charge is 0.341 e. The topological polar surface area (TPSA) is 66.5 Å². The molecule has 0 aliphatic carbocycles. The summed E-state index contributed by atoms with van der Waals surface area (Å²) in [6, 6.07) is 16.2. The molecule has 6 heteroatoms. The van der Waals surface area contributed by atoms with Crippen molar-refractivity contribution in [2.24, 2.45) is 5.92 Å². The average Bonchev–Trinajstić information content (AvgIpc) is 2.81. The molecule has 2 amide bonds. The fraction of sp³-hybridized carbons (Fsp3) is 0.400. The first kappa shape index (κ1) is 23.1. The number of hydrogen-bond donors (Lipinski definition) is 1. The van der Waals surface area contributed by atoms with Gasteiger partial charge in [0.2, 0.25) is 5.91 Å². The van der Waals surface area contributed by atoms with E-state index in [0.29, 0.717) is 37.9 Å². The Bertz CT molecular complexity index is 908. The van der Waals surface area contributed by atoms with Gasteiger partial charge in [0.15, 0.2) is 5.78 Å². The van der Waals surface area contributed by atoms with Crippen molar-refractivity contribution < 1.29 is 14.4 Å². The Balaban J connectivity index is 1.61. The van der Waals surface area contributed by atoms with Gasteiger partial charge in [0.25, 0.3) is 5.91 Å². The van der Waals surface area contributed by atoms with Gasteiger partial charge in [-0.05, 0) is 50.3 Å². The molecule has 0 aromatic heterocycles. The lowest BCUT2D eigenvalue weighted by molar-refractivity contribution is -0.134. The quantitative estimate of drug-likeness (QED) is 0.634. The number of likely N-dealkylation sites (tertiary alicyclic amines) is 1. The number of Topliss-reactive ketones (excluding diaryl/α,β-unsaturated/α-hetero) is 1. The summed E-state index contributed by atoms with van der Waals surface area (Å²) >= 11 is 1.65. The molecule has 1 aliphatic rings. The van der Waals surface area contributed by atoms with E-state index in [1.807, 2.05) is 61.7 Å². The van der Waals surface area contributed by atoms with Gasteiger partial charge in [0.1, 0.15) is 6.04 Å². The first-order chi connectivity index (χ1) is 15.0. The van der Waals surface area contributed by atoms with E-state index in [0.717, 1.165) is 16.9 Å². The highest BCUT2D eigenvalue weighted by Crippen LogP contribution is 2.23. The molecule has 3 rings (SSSR count). The third-order valence-corrected chi connectivity index (χ3v) is 6.37. The Morgan fingerprint density at radius 3 is 2.35 bits per heavy atom. The van der Waals surface area contributed by atoms with Crippen LogP contribution in [0.1, 0.15) is 45.5 Å². The molecule has 1 fully saturated rings. The monoisotopic (exact) mass is 438 g/mol. The van der Waals surface area contributed by atoms with Crippen molar-refractivity contribution in [3.63, 3.8) is 0 Å². The standard InChI is InChI=1S/C25H30N2O3S/c1-18-7-6-10-21(17-18)24(29)26-22(13-16-31-2)25(30)27-14-11-20(12-15-27)23(28)19-8-4-3-5-9-19/h3-10,17,20,22H,11-16H2,1-2H3,(H,26,29). The Labute approximate surface area is 188 Å². The van der Waals surface area contributed by atoms with Gasteiger partial charge in [0, 0.05) is 30.1 Å². The molecule has 0 saturated carbocycles. The number of ketones is 1. The lowest BCUT2D eigenvalue weighted by Gasteiger charge is -2.34. The maximum absolute atomic E-state index is 13.2. The van der Waals surface area contributed by atoms with E-state index in [4.69, 9.17) is 0 Å². The highest BCUT2D eigenvalue weighted by Gasteiger charge is 2.31. The summed E-state index contributed by atoms with van der Waals surface area (Å²) in [7, 11) is 0. The second-order valence-electron chi connectivity index (χ2n) is 8.01. The number of nitrogens with one attached hydrogen (secondary N) is 1. The van der Waals surface area contributed by atoms with Crippen molar-refractivity contribution >= 4 is 29.4 Å². The summed E-state index contributed by atoms with van der Waals surface area (Å²) in [4.78, 5) is 40.4. The van der Waals surface area contributed by atoms with Crippen LogP contribution in [0.3, 0.4) is 0 Å². The average molecular weight is 439 g/mol. The van der Waals surface area contributed by atoms with Gasteiger partial charge < -0.3 is 10.2 Å². The summed E-state index contributed by atoms with van der Waals surface area (Å²) in [5.41, 5.74) is 2.30. The second-order valence-corrected chi connectivity index (χ2v) is 8.99. The molecule has 0 bridgehead atoms. The number of piperidine rings is 1. The van der Waals surface area contributed by atoms with Crippen LogP contribution in [0.4, 0.5) is 0 Å². The number of carbonyl (C=O) groups is 3. The van der Waals surface area contributed by atoms with E-state index in [1.54, 1.807) is 22.7 Å². The van der Waals surface area contributed by atoms with Crippen molar-refractivity contribution in [2.45, 2.75) is 32.2 Å². The maximum Gasteiger partial charge on any atom is 0.251 e. The van der Waals surface area contributed by atoms with Crippen molar-refractivity contribution in [3.8, 4) is 0 Å². The van der Waals surface area contributed by atoms with Gasteiger partial charge in [-0.25, -0.2) is 0 Å². The molecule has 1 N–H and O–H groups in total. The number of thioether (sulfide) groups is 1. The van der Waals surface area contributed by atoms with Crippen molar-refractivity contribution in [1.29, 1.82) is 0 Å². The molecule has 1 unspecified atom stereocenters. The minimum Gasteiger partial charge on any atom is -0.341 e. The van der Waals surface area contributed by atoms with Crippen LogP contribution in [0.2, 0.25) is 0 Å². The fourth-order valence-electron chi connectivity index (χ4n) is 3.94. The maximum atomic E-state index is 13.2. The molecule has 2 aromatic carbocycles. The fourth-order valence-corrected chi connectivity index (χ4v) is 4.41. The van der Waals surface area contributed by atoms with Crippen LogP contribution in [0.15, 0.2) is 54.6 Å². The molecular formula is C25H30N2O3S. The van der Waals surface area contributed by atoms with Crippen LogP contribution in [-0.4, -0.2) is 53.6 Å². The Morgan fingerprint density at radius 2 is 1.71 bits per heavy atom. The number of aryl methyl sites for hydroxylation is 1. The van der Waals surface area contributed by atoms with Crippen LogP contribution in [0.5, 0.6) is 0 Å². The van der Waals surface area contributed by atoms with E-state index >= 15 is 0 Å². The zero-order valence-electron chi connectivity index (χ0n) is 18.2. The summed E-state index contributed by atoms with van der Waals surface area (Å²) in [5, 5.41) is 2.94. The molecule has 31 heavy (non-hydrogen) atoms. The summed E-state index contributed by atoms with van der Waals surface area (Å²) in [6.45, 7) is 3.02. The highest BCUT2D eigenvalue weighted by atomic mass is 32.2. The van der Waals surface area contributed by atoms with Crippen LogP contribution in [-0.2, 0) is 4.79 Å². The van der Waals surface area contributed by atoms with Crippen molar-refractivity contribution in [3.05, 3.63) is 71.3 Å². The Morgan fingerprint density at radius 1 is 1.03 bits per heavy atom. The van der Waals surface area contributed by atoms with E-state index in [-0.39, 0.29) is 23.5 Å². The molecule has 2 aromatic rings. The number of amides is 2. The van der Waals surface area contributed by atoms with Gasteiger partial charge in [-0.15, -0.1) is 0 Å². The zero-order chi connectivity index (χ0) is 22.2. The van der Waals surface area contributed by atoms with Gasteiger partial charge in [-0.1, -0.05) is 48.0 Å². The molecular weight excluding hydrogens is 408 g/mol. The molecule has 0 radical (unpaired) electrons. The van der Waals surface area contributed by atoms with Gasteiger partial charge in [-0.2, -0.15) is 11.8 Å². The predicted molar refractivity (Wildman–Crippen MR) is 126 cm³/mol. The Hall–Kier alpha value is -2.60. The van der Waals surface area contributed by atoms with Gasteiger partial charge >= 0.3 is 0 Å². The van der Waals surface area contributed by atoms with Gasteiger partial charge in [0.05, 0.1) is 0 Å². The smallest absolute Gasteiger partial charge is 0.251 e. The first-order valence-electron chi connectivity index (χ1n) is 10.7. The van der Waals surface area contributed by atoms with Crippen LogP contribution >= 0.6 is 11.8 Å². The number of hydrogen-bond acceptors (Lipinski definition) is 4. The number of benzene rings is 2. The van der Waals surface area contributed by atoms with Crippen LogP contribution in [0.25, 0.3) is 0 Å². The summed E-state index contributed by atoms with van der Waals surface area (Å²) < 4.78 is 0. The number of carbonyl (C=O) groups excluding carboxylic acids is 3. The van der Waals surface area contributed by atoms with E-state index in [1.165, 1.54) is 0 Å². The molecule has 1 heterocycles. The van der Waals surface area contributed by atoms with E-state index < -0.39 is 6.04 Å². The highest BCUT2D eigenvalue weighted by molar-refractivity contribution is 7.98. The number of rotatable bonds is 8. The molecule has 1 atom stereocenters. The second kappa shape index (κ2) is 11.1. The van der Waals surface area contributed by atoms with Gasteiger partial charge in [-0.3, -0.25) is 14.4 Å². The lowest BCUT2D eigenvalue weighted by atomic mass is 9.88.